The highest BCUT2D eigenvalue weighted by molar-refractivity contribution is 6.32. The summed E-state index contributed by atoms with van der Waals surface area (Å²) >= 11 is 6.00. The smallest absolute Gasteiger partial charge is 0.223 e. The minimum atomic E-state index is -1.36. The van der Waals surface area contributed by atoms with Crippen molar-refractivity contribution in [1.82, 2.24) is 5.32 Å². The number of carbonyl (C=O) groups excluding carboxylic acids is 1. The van der Waals surface area contributed by atoms with Gasteiger partial charge in [0.1, 0.15) is 30.1 Å². The summed E-state index contributed by atoms with van der Waals surface area (Å²) in [6.07, 6.45) is -4.86. The summed E-state index contributed by atoms with van der Waals surface area (Å²) < 4.78 is 11.0. The van der Waals surface area contributed by atoms with E-state index in [0.717, 1.165) is 0 Å². The van der Waals surface area contributed by atoms with Crippen LogP contribution in [0.4, 0.5) is 0 Å². The number of hydrogen-bond donors (Lipinski definition) is 4. The minimum absolute atomic E-state index is 0.296. The van der Waals surface area contributed by atoms with E-state index in [1.807, 2.05) is 0 Å². The fourth-order valence-electron chi connectivity index (χ4n) is 2.24. The lowest BCUT2D eigenvalue weighted by molar-refractivity contribution is -0.244. The van der Waals surface area contributed by atoms with Gasteiger partial charge in [0, 0.05) is 6.92 Å². The first kappa shape index (κ1) is 17.0. The Morgan fingerprint density at radius 3 is 2.64 bits per heavy atom. The van der Waals surface area contributed by atoms with Crippen LogP contribution in [0.15, 0.2) is 24.3 Å². The zero-order valence-electron chi connectivity index (χ0n) is 11.8. The number of aliphatic hydroxyl groups is 3. The highest BCUT2D eigenvalue weighted by atomic mass is 35.5. The maximum absolute atomic E-state index is 11.3. The first-order valence-corrected chi connectivity index (χ1v) is 7.12. The van der Waals surface area contributed by atoms with Crippen LogP contribution < -0.4 is 10.1 Å². The highest BCUT2D eigenvalue weighted by Gasteiger charge is 2.46. The number of carbonyl (C=O) groups is 1. The van der Waals surface area contributed by atoms with E-state index in [1.165, 1.54) is 6.92 Å². The van der Waals surface area contributed by atoms with Gasteiger partial charge < -0.3 is 30.1 Å². The van der Waals surface area contributed by atoms with Crippen molar-refractivity contribution >= 4 is 17.5 Å². The second kappa shape index (κ2) is 7.26. The van der Waals surface area contributed by atoms with Crippen LogP contribution in [0.1, 0.15) is 6.92 Å². The van der Waals surface area contributed by atoms with Crippen molar-refractivity contribution in [2.24, 2.45) is 0 Å². The topological polar surface area (TPSA) is 108 Å². The van der Waals surface area contributed by atoms with Crippen LogP contribution in [0.25, 0.3) is 0 Å². The molecule has 5 atom stereocenters. The van der Waals surface area contributed by atoms with Crippen LogP contribution in [0, 0.1) is 0 Å². The summed E-state index contributed by atoms with van der Waals surface area (Å²) in [5.41, 5.74) is 0. The number of amides is 1. The number of nitrogens with one attached hydrogen (secondary N) is 1. The number of ether oxygens (including phenoxy) is 2. The predicted octanol–water partition coefficient (Wildman–Crippen LogP) is -0.338. The monoisotopic (exact) mass is 331 g/mol. The number of benzene rings is 1. The lowest BCUT2D eigenvalue weighted by Gasteiger charge is -2.42. The molecule has 0 bridgehead atoms. The standard InChI is InChI=1S/C14H18ClNO6/c1-7(18)16-11-13(20)12(19)10(6-17)22-14(11)21-9-5-3-2-4-8(9)15/h2-5,10-14,17,19-20H,6H2,1H3,(H,16,18)/t10-,11+,12-,13+,14-/m1/s1. The lowest BCUT2D eigenvalue weighted by Crippen LogP contribution is -2.65. The van der Waals surface area contributed by atoms with Crippen molar-refractivity contribution in [1.29, 1.82) is 0 Å². The zero-order chi connectivity index (χ0) is 16.3. The molecule has 0 aliphatic carbocycles. The van der Waals surface area contributed by atoms with Gasteiger partial charge in [-0.05, 0) is 12.1 Å². The van der Waals surface area contributed by atoms with Crippen molar-refractivity contribution < 1.29 is 29.6 Å². The Labute approximate surface area is 132 Å². The molecule has 1 aromatic carbocycles. The van der Waals surface area contributed by atoms with E-state index in [4.69, 9.17) is 21.1 Å². The number of aliphatic hydroxyl groups excluding tert-OH is 3. The first-order chi connectivity index (χ1) is 10.4. The summed E-state index contributed by atoms with van der Waals surface area (Å²) in [4.78, 5) is 11.3. The summed E-state index contributed by atoms with van der Waals surface area (Å²) in [7, 11) is 0. The average molecular weight is 332 g/mol. The van der Waals surface area contributed by atoms with E-state index in [2.05, 4.69) is 5.32 Å². The Morgan fingerprint density at radius 2 is 2.05 bits per heavy atom. The molecule has 122 valence electrons. The van der Waals surface area contributed by atoms with Crippen molar-refractivity contribution in [3.05, 3.63) is 29.3 Å². The molecule has 1 heterocycles. The SMILES string of the molecule is CC(=O)N[C@@H]1[C@H](Oc2ccccc2Cl)O[C@H](CO)[C@@H](O)[C@H]1O. The summed E-state index contributed by atoms with van der Waals surface area (Å²) in [6, 6.07) is 5.62. The number of rotatable bonds is 4. The molecule has 1 fully saturated rings. The Hall–Kier alpha value is -1.38. The number of halogens is 1. The van der Waals surface area contributed by atoms with Crippen molar-refractivity contribution in [3.63, 3.8) is 0 Å². The van der Waals surface area contributed by atoms with Gasteiger partial charge in [-0.1, -0.05) is 23.7 Å². The fourth-order valence-corrected chi connectivity index (χ4v) is 2.42. The zero-order valence-corrected chi connectivity index (χ0v) is 12.6. The second-order valence-corrected chi connectivity index (χ2v) is 5.39. The first-order valence-electron chi connectivity index (χ1n) is 6.74. The quantitative estimate of drug-likeness (QED) is 0.601. The van der Waals surface area contributed by atoms with Crippen LogP contribution >= 0.6 is 11.6 Å². The van der Waals surface area contributed by atoms with Crippen LogP contribution in [-0.2, 0) is 9.53 Å². The molecule has 0 unspecified atom stereocenters. The van der Waals surface area contributed by atoms with Crippen molar-refractivity contribution in [2.75, 3.05) is 6.61 Å². The van der Waals surface area contributed by atoms with Gasteiger partial charge in [0.15, 0.2) is 0 Å². The molecule has 1 saturated heterocycles. The molecule has 22 heavy (non-hydrogen) atoms. The Kier molecular flexibility index (Phi) is 5.60. The Balaban J connectivity index is 2.23. The molecule has 1 aromatic rings. The third-order valence-electron chi connectivity index (χ3n) is 3.33. The van der Waals surface area contributed by atoms with Gasteiger partial charge in [0.05, 0.1) is 11.6 Å². The second-order valence-electron chi connectivity index (χ2n) is 4.98. The van der Waals surface area contributed by atoms with E-state index in [0.29, 0.717) is 10.8 Å². The van der Waals surface area contributed by atoms with E-state index >= 15 is 0 Å². The van der Waals surface area contributed by atoms with E-state index in [1.54, 1.807) is 24.3 Å². The molecule has 4 N–H and O–H groups in total. The Bertz CT molecular complexity index is 528. The van der Waals surface area contributed by atoms with E-state index in [9.17, 15) is 20.1 Å². The molecule has 0 saturated carbocycles. The van der Waals surface area contributed by atoms with Gasteiger partial charge >= 0.3 is 0 Å². The Morgan fingerprint density at radius 1 is 1.36 bits per heavy atom. The third kappa shape index (κ3) is 3.68. The molecule has 0 radical (unpaired) electrons. The molecule has 1 amide bonds. The van der Waals surface area contributed by atoms with Crippen LogP contribution in [0.5, 0.6) is 5.75 Å². The molecular formula is C14H18ClNO6. The fraction of sp³-hybridized carbons (Fsp3) is 0.500. The molecule has 1 aliphatic rings. The predicted molar refractivity (Wildman–Crippen MR) is 77.4 cm³/mol. The van der Waals surface area contributed by atoms with Crippen LogP contribution in [0.2, 0.25) is 5.02 Å². The van der Waals surface area contributed by atoms with Crippen LogP contribution in [0.3, 0.4) is 0 Å². The molecule has 0 spiro atoms. The number of para-hydroxylation sites is 1. The largest absolute Gasteiger partial charge is 0.461 e. The number of hydrogen-bond acceptors (Lipinski definition) is 6. The van der Waals surface area contributed by atoms with Gasteiger partial charge in [0.2, 0.25) is 12.2 Å². The summed E-state index contributed by atoms with van der Waals surface area (Å²) in [6.45, 7) is 0.761. The summed E-state index contributed by atoms with van der Waals surface area (Å²) in [5, 5.41) is 32.0. The van der Waals surface area contributed by atoms with Crippen LogP contribution in [-0.4, -0.2) is 58.5 Å². The molecule has 1 aliphatic heterocycles. The normalized spacial score (nSPS) is 31.6. The van der Waals surface area contributed by atoms with Gasteiger partial charge in [-0.3, -0.25) is 4.79 Å². The van der Waals surface area contributed by atoms with Gasteiger partial charge in [-0.25, -0.2) is 0 Å². The van der Waals surface area contributed by atoms with E-state index < -0.39 is 43.2 Å². The lowest BCUT2D eigenvalue weighted by atomic mass is 9.97. The molecular weight excluding hydrogens is 314 g/mol. The third-order valence-corrected chi connectivity index (χ3v) is 3.64. The van der Waals surface area contributed by atoms with Gasteiger partial charge in [-0.2, -0.15) is 0 Å². The highest BCUT2D eigenvalue weighted by Crippen LogP contribution is 2.28. The van der Waals surface area contributed by atoms with E-state index in [-0.39, 0.29) is 0 Å². The van der Waals surface area contributed by atoms with Gasteiger partial charge in [0.25, 0.3) is 0 Å². The minimum Gasteiger partial charge on any atom is -0.461 e. The maximum atomic E-state index is 11.3. The molecule has 2 rings (SSSR count). The molecule has 7 nitrogen and oxygen atoms in total. The maximum Gasteiger partial charge on any atom is 0.223 e. The van der Waals surface area contributed by atoms with Crippen molar-refractivity contribution in [3.8, 4) is 5.75 Å². The molecule has 0 aromatic heterocycles. The summed E-state index contributed by atoms with van der Waals surface area (Å²) in [5.74, 6) is -0.125. The average Bonchev–Trinajstić information content (AvgIpc) is 2.48. The molecule has 8 heteroatoms. The van der Waals surface area contributed by atoms with Crippen molar-refractivity contribution in [2.45, 2.75) is 37.6 Å². The van der Waals surface area contributed by atoms with Gasteiger partial charge in [-0.15, -0.1) is 0 Å².